The van der Waals surface area contributed by atoms with Crippen LogP contribution in [0, 0.1) is 11.8 Å². The first-order valence-electron chi connectivity index (χ1n) is 10.2. The third-order valence-corrected chi connectivity index (χ3v) is 8.05. The first kappa shape index (κ1) is 17.7. The lowest BCUT2D eigenvalue weighted by Crippen LogP contribution is -2.36. The van der Waals surface area contributed by atoms with Gasteiger partial charge in [-0.05, 0) is 49.4 Å². The Hall–Kier alpha value is -1.43. The highest BCUT2D eigenvalue weighted by Crippen LogP contribution is 2.72. The van der Waals surface area contributed by atoms with E-state index in [0.717, 1.165) is 31.9 Å². The van der Waals surface area contributed by atoms with Gasteiger partial charge in [0.15, 0.2) is 0 Å². The monoisotopic (exact) mass is 384 g/mol. The predicted molar refractivity (Wildman–Crippen MR) is 107 cm³/mol. The van der Waals surface area contributed by atoms with Gasteiger partial charge in [-0.25, -0.2) is 0 Å². The van der Waals surface area contributed by atoms with Gasteiger partial charge in [-0.1, -0.05) is 18.9 Å². The van der Waals surface area contributed by atoms with Crippen molar-refractivity contribution in [1.29, 1.82) is 0 Å². The quantitative estimate of drug-likeness (QED) is 0.728. The molecular formula is C22H28N2O2S. The van der Waals surface area contributed by atoms with Crippen molar-refractivity contribution >= 4 is 11.3 Å². The van der Waals surface area contributed by atoms with Crippen LogP contribution in [0.4, 0.5) is 0 Å². The molecule has 5 rings (SSSR count). The van der Waals surface area contributed by atoms with Crippen molar-refractivity contribution in [3.8, 4) is 5.75 Å². The second kappa shape index (κ2) is 6.87. The van der Waals surface area contributed by atoms with Gasteiger partial charge in [0.2, 0.25) is 0 Å². The maximum Gasteiger partial charge on any atom is 0.134 e. The summed E-state index contributed by atoms with van der Waals surface area (Å²) in [7, 11) is 1.74. The number of rotatable bonds is 7. The zero-order valence-electron chi connectivity index (χ0n) is 15.9. The van der Waals surface area contributed by atoms with E-state index in [1.54, 1.807) is 18.4 Å². The van der Waals surface area contributed by atoms with Crippen molar-refractivity contribution in [3.05, 3.63) is 46.4 Å². The van der Waals surface area contributed by atoms with Crippen LogP contribution in [0.5, 0.6) is 5.75 Å². The molecule has 1 aliphatic heterocycles. The molecule has 5 heteroatoms. The molecule has 3 unspecified atom stereocenters. The van der Waals surface area contributed by atoms with Crippen LogP contribution in [0.3, 0.4) is 0 Å². The van der Waals surface area contributed by atoms with Crippen LogP contribution in [0.2, 0.25) is 0 Å². The summed E-state index contributed by atoms with van der Waals surface area (Å²) in [4.78, 5) is 6.08. The number of thiophene rings is 1. The van der Waals surface area contributed by atoms with E-state index in [-0.39, 0.29) is 11.0 Å². The van der Waals surface area contributed by atoms with Gasteiger partial charge in [0.25, 0.3) is 0 Å². The van der Waals surface area contributed by atoms with E-state index >= 15 is 0 Å². The Morgan fingerprint density at radius 2 is 2.19 bits per heavy atom. The van der Waals surface area contributed by atoms with Crippen molar-refractivity contribution in [2.75, 3.05) is 20.3 Å². The molecule has 3 atom stereocenters. The van der Waals surface area contributed by atoms with Gasteiger partial charge >= 0.3 is 0 Å². The van der Waals surface area contributed by atoms with Crippen LogP contribution in [0.15, 0.2) is 35.8 Å². The Kier molecular flexibility index (Phi) is 4.49. The minimum Gasteiger partial charge on any atom is -0.496 e. The van der Waals surface area contributed by atoms with Gasteiger partial charge in [-0.3, -0.25) is 4.98 Å². The molecule has 3 fully saturated rings. The number of methoxy groups -OCH3 is 1. The summed E-state index contributed by atoms with van der Waals surface area (Å²) in [6.45, 7) is 2.79. The highest BCUT2D eigenvalue weighted by molar-refractivity contribution is 7.10. The SMILES string of the molecule is COc1ccsc1CNCCC1(c2ccccn2)C2COC3(CCCC3)C21. The Labute approximate surface area is 165 Å². The summed E-state index contributed by atoms with van der Waals surface area (Å²) < 4.78 is 11.8. The van der Waals surface area contributed by atoms with Crippen LogP contribution < -0.4 is 10.1 Å². The van der Waals surface area contributed by atoms with Crippen molar-refractivity contribution in [1.82, 2.24) is 10.3 Å². The molecule has 2 aliphatic carbocycles. The summed E-state index contributed by atoms with van der Waals surface area (Å²) in [5, 5.41) is 5.75. The molecule has 0 bridgehead atoms. The van der Waals surface area contributed by atoms with Crippen LogP contribution in [0.25, 0.3) is 0 Å². The molecule has 2 aromatic rings. The van der Waals surface area contributed by atoms with Crippen molar-refractivity contribution < 1.29 is 9.47 Å². The van der Waals surface area contributed by atoms with E-state index in [1.165, 1.54) is 36.3 Å². The lowest BCUT2D eigenvalue weighted by molar-refractivity contribution is -0.0343. The fraction of sp³-hybridized carbons (Fsp3) is 0.591. The highest BCUT2D eigenvalue weighted by atomic mass is 32.1. The average Bonchev–Trinajstić information content (AvgIpc) is 3.16. The molecule has 0 radical (unpaired) electrons. The molecule has 3 heterocycles. The lowest BCUT2D eigenvalue weighted by Gasteiger charge is -2.32. The van der Waals surface area contributed by atoms with E-state index in [9.17, 15) is 0 Å². The molecule has 2 aromatic heterocycles. The fourth-order valence-electron chi connectivity index (χ4n) is 5.97. The summed E-state index contributed by atoms with van der Waals surface area (Å²) in [5.74, 6) is 2.29. The minimum absolute atomic E-state index is 0.138. The minimum atomic E-state index is 0.138. The van der Waals surface area contributed by atoms with Gasteiger partial charge in [-0.2, -0.15) is 0 Å². The second-order valence-corrected chi connectivity index (χ2v) is 9.26. The Morgan fingerprint density at radius 3 is 2.96 bits per heavy atom. The largest absolute Gasteiger partial charge is 0.496 e. The van der Waals surface area contributed by atoms with Crippen molar-refractivity contribution in [2.45, 2.75) is 49.7 Å². The molecule has 4 nitrogen and oxygen atoms in total. The van der Waals surface area contributed by atoms with Gasteiger partial charge in [0.1, 0.15) is 5.75 Å². The third kappa shape index (κ3) is 2.74. The van der Waals surface area contributed by atoms with Crippen molar-refractivity contribution in [3.63, 3.8) is 0 Å². The van der Waals surface area contributed by atoms with Crippen molar-refractivity contribution in [2.24, 2.45) is 11.8 Å². The number of fused-ring (bicyclic) bond motifs is 2. The van der Waals surface area contributed by atoms with Crippen LogP contribution in [0.1, 0.15) is 42.7 Å². The smallest absolute Gasteiger partial charge is 0.134 e. The van der Waals surface area contributed by atoms with Gasteiger partial charge < -0.3 is 14.8 Å². The molecular weight excluding hydrogens is 356 g/mol. The Bertz CT molecular complexity index is 781. The molecule has 1 N–H and O–H groups in total. The number of pyridine rings is 1. The standard InChI is InChI=1S/C22H28N2O2S/c1-25-17-7-13-27-18(17)14-23-12-10-22(19-6-2-5-11-24-19)16-15-26-21(20(16)22)8-3-4-9-21/h2,5-7,11,13,16,20,23H,3-4,8-10,12,14-15H2,1H3. The van der Waals surface area contributed by atoms with Crippen LogP contribution >= 0.6 is 11.3 Å². The van der Waals surface area contributed by atoms with E-state index in [2.05, 4.69) is 22.8 Å². The fourth-order valence-corrected chi connectivity index (χ4v) is 6.78. The zero-order valence-corrected chi connectivity index (χ0v) is 16.8. The number of nitrogens with zero attached hydrogens (tertiary/aromatic N) is 1. The molecule has 0 amide bonds. The van der Waals surface area contributed by atoms with E-state index in [4.69, 9.17) is 14.5 Å². The molecule has 144 valence electrons. The zero-order chi connectivity index (χ0) is 18.3. The predicted octanol–water partition coefficient (Wildman–Crippen LogP) is 4.16. The maximum atomic E-state index is 6.37. The Balaban J connectivity index is 1.31. The van der Waals surface area contributed by atoms with E-state index in [0.29, 0.717) is 11.8 Å². The topological polar surface area (TPSA) is 43.4 Å². The number of hydrogen-bond donors (Lipinski definition) is 1. The van der Waals surface area contributed by atoms with E-state index < -0.39 is 0 Å². The third-order valence-electron chi connectivity index (χ3n) is 7.14. The molecule has 3 aliphatic rings. The van der Waals surface area contributed by atoms with Gasteiger partial charge in [0, 0.05) is 35.7 Å². The molecule has 0 aromatic carbocycles. The summed E-state index contributed by atoms with van der Waals surface area (Å²) in [6.07, 6.45) is 8.20. The first-order valence-corrected chi connectivity index (χ1v) is 11.0. The lowest BCUT2D eigenvalue weighted by atomic mass is 9.84. The summed E-state index contributed by atoms with van der Waals surface area (Å²) in [6, 6.07) is 8.45. The highest BCUT2D eigenvalue weighted by Gasteiger charge is 2.76. The number of aromatic nitrogens is 1. The summed E-state index contributed by atoms with van der Waals surface area (Å²) in [5.41, 5.74) is 1.63. The maximum absolute atomic E-state index is 6.37. The van der Waals surface area contributed by atoms with Gasteiger partial charge in [-0.15, -0.1) is 11.3 Å². The number of hydrogen-bond acceptors (Lipinski definition) is 5. The van der Waals surface area contributed by atoms with Gasteiger partial charge in [0.05, 0.1) is 24.2 Å². The van der Waals surface area contributed by atoms with E-state index in [1.807, 2.05) is 18.3 Å². The molecule has 2 saturated carbocycles. The molecule has 1 spiro atoms. The summed E-state index contributed by atoms with van der Waals surface area (Å²) >= 11 is 1.76. The molecule has 1 saturated heterocycles. The van der Waals surface area contributed by atoms with Crippen LogP contribution in [-0.4, -0.2) is 30.8 Å². The average molecular weight is 385 g/mol. The number of nitrogens with one attached hydrogen (secondary N) is 1. The molecule has 27 heavy (non-hydrogen) atoms. The first-order chi connectivity index (χ1) is 13.3. The normalized spacial score (nSPS) is 30.6. The second-order valence-electron chi connectivity index (χ2n) is 8.26. The number of ether oxygens (including phenoxy) is 2. The van der Waals surface area contributed by atoms with Crippen LogP contribution in [-0.2, 0) is 16.7 Å². The Morgan fingerprint density at radius 1 is 1.30 bits per heavy atom.